The number of aromatic nitrogens is 2. The van der Waals surface area contributed by atoms with Gasteiger partial charge in [-0.2, -0.15) is 0 Å². The number of hydrogen-bond donors (Lipinski definition) is 0. The maximum atomic E-state index is 5.51. The third-order valence-electron chi connectivity index (χ3n) is 2.36. The summed E-state index contributed by atoms with van der Waals surface area (Å²) in [7, 11) is 0. The molecule has 1 aromatic carbocycles. The molecular weight excluding hydrogens is 212 g/mol. The van der Waals surface area contributed by atoms with Gasteiger partial charge in [-0.05, 0) is 6.42 Å². The summed E-state index contributed by atoms with van der Waals surface area (Å²) in [6.45, 7) is 2.81. The van der Waals surface area contributed by atoms with Crippen molar-refractivity contribution in [2.24, 2.45) is 0 Å². The minimum absolute atomic E-state index is 0.566. The van der Waals surface area contributed by atoms with Crippen LogP contribution in [0.15, 0.2) is 36.5 Å². The van der Waals surface area contributed by atoms with E-state index < -0.39 is 0 Å². The second-order valence-electron chi connectivity index (χ2n) is 3.74. The van der Waals surface area contributed by atoms with E-state index in [1.54, 1.807) is 6.20 Å². The van der Waals surface area contributed by atoms with Crippen molar-refractivity contribution in [3.8, 4) is 17.1 Å². The van der Waals surface area contributed by atoms with E-state index >= 15 is 0 Å². The molecule has 1 aromatic heterocycles. The minimum atomic E-state index is 0.566. The molecule has 2 aromatic rings. The molecule has 87 valence electrons. The Bertz CT molecular complexity index is 457. The average molecular weight is 227 g/mol. The molecule has 0 aliphatic rings. The van der Waals surface area contributed by atoms with E-state index in [0.29, 0.717) is 12.5 Å². The van der Waals surface area contributed by atoms with Gasteiger partial charge >= 0.3 is 0 Å². The highest BCUT2D eigenvalue weighted by atomic mass is 16.5. The minimum Gasteiger partial charge on any atom is -0.477 e. The predicted molar refractivity (Wildman–Crippen MR) is 66.7 cm³/mol. The molecule has 0 unspecified atom stereocenters. The van der Waals surface area contributed by atoms with Gasteiger partial charge in [-0.15, -0.1) is 0 Å². The van der Waals surface area contributed by atoms with Crippen LogP contribution in [-0.2, 0) is 0 Å². The molecular formula is C14H15N2O. The Hall–Kier alpha value is -1.90. The third-order valence-corrected chi connectivity index (χ3v) is 2.36. The fourth-order valence-electron chi connectivity index (χ4n) is 1.43. The van der Waals surface area contributed by atoms with Crippen LogP contribution in [0, 0.1) is 6.20 Å². The molecule has 0 aliphatic carbocycles. The molecule has 0 fully saturated rings. The van der Waals surface area contributed by atoms with Crippen LogP contribution in [0.2, 0.25) is 0 Å². The van der Waals surface area contributed by atoms with Crippen molar-refractivity contribution in [2.75, 3.05) is 6.61 Å². The molecule has 2 rings (SSSR count). The zero-order valence-electron chi connectivity index (χ0n) is 9.89. The molecule has 0 aliphatic heterocycles. The molecule has 3 heteroatoms. The molecule has 17 heavy (non-hydrogen) atoms. The average Bonchev–Trinajstić information content (AvgIpc) is 2.41. The van der Waals surface area contributed by atoms with Gasteiger partial charge in [-0.3, -0.25) is 0 Å². The summed E-state index contributed by atoms with van der Waals surface area (Å²) in [4.78, 5) is 8.40. The van der Waals surface area contributed by atoms with Crippen LogP contribution in [0.5, 0.6) is 5.88 Å². The lowest BCUT2D eigenvalue weighted by Gasteiger charge is -2.05. The van der Waals surface area contributed by atoms with Crippen LogP contribution in [0.3, 0.4) is 0 Å². The number of ether oxygens (including phenoxy) is 1. The molecule has 1 radical (unpaired) electrons. The van der Waals surface area contributed by atoms with Gasteiger partial charge in [0.25, 0.3) is 0 Å². The fraction of sp³-hybridized carbons (Fsp3) is 0.286. The lowest BCUT2D eigenvalue weighted by Crippen LogP contribution is -1.99. The van der Waals surface area contributed by atoms with Crippen molar-refractivity contribution >= 4 is 0 Å². The maximum absolute atomic E-state index is 5.51. The van der Waals surface area contributed by atoms with Crippen LogP contribution < -0.4 is 4.74 Å². The van der Waals surface area contributed by atoms with E-state index in [1.807, 2.05) is 30.3 Å². The Kier molecular flexibility index (Phi) is 4.08. The van der Waals surface area contributed by atoms with Gasteiger partial charge in [0.15, 0.2) is 0 Å². The highest BCUT2D eigenvalue weighted by Crippen LogP contribution is 2.17. The molecule has 0 saturated carbocycles. The molecule has 1 heterocycles. The van der Waals surface area contributed by atoms with Crippen LogP contribution in [-0.4, -0.2) is 16.6 Å². The van der Waals surface area contributed by atoms with Gasteiger partial charge in [0.05, 0.1) is 12.8 Å². The lowest BCUT2D eigenvalue weighted by atomic mass is 10.2. The molecule has 0 spiro atoms. The molecule has 0 amide bonds. The van der Waals surface area contributed by atoms with Crippen LogP contribution in [0.1, 0.15) is 19.8 Å². The monoisotopic (exact) mass is 227 g/mol. The zero-order valence-corrected chi connectivity index (χ0v) is 9.89. The summed E-state index contributed by atoms with van der Waals surface area (Å²) in [5.74, 6) is 0.566. The van der Waals surface area contributed by atoms with Crippen molar-refractivity contribution in [3.05, 3.63) is 42.7 Å². The number of hydrogen-bond acceptors (Lipinski definition) is 3. The van der Waals surface area contributed by atoms with Crippen molar-refractivity contribution in [1.82, 2.24) is 9.97 Å². The van der Waals surface area contributed by atoms with E-state index in [-0.39, 0.29) is 0 Å². The topological polar surface area (TPSA) is 35.0 Å². The summed E-state index contributed by atoms with van der Waals surface area (Å²) in [6.07, 6.45) is 6.61. The van der Waals surface area contributed by atoms with Crippen LogP contribution >= 0.6 is 0 Å². The Labute approximate surface area is 102 Å². The van der Waals surface area contributed by atoms with Crippen LogP contribution in [0.25, 0.3) is 11.3 Å². The van der Waals surface area contributed by atoms with Crippen molar-refractivity contribution in [1.29, 1.82) is 0 Å². The Morgan fingerprint density at radius 1 is 1.24 bits per heavy atom. The van der Waals surface area contributed by atoms with Crippen molar-refractivity contribution in [3.63, 3.8) is 0 Å². The van der Waals surface area contributed by atoms with Gasteiger partial charge < -0.3 is 4.74 Å². The molecule has 0 N–H and O–H groups in total. The first kappa shape index (κ1) is 11.6. The first-order valence-corrected chi connectivity index (χ1v) is 5.83. The third kappa shape index (κ3) is 3.28. The largest absolute Gasteiger partial charge is 0.477 e. The highest BCUT2D eigenvalue weighted by Gasteiger charge is 2.02. The quantitative estimate of drug-likeness (QED) is 0.736. The second kappa shape index (κ2) is 5.99. The molecule has 0 atom stereocenters. The van der Waals surface area contributed by atoms with Crippen molar-refractivity contribution < 1.29 is 4.74 Å². The second-order valence-corrected chi connectivity index (χ2v) is 3.74. The summed E-state index contributed by atoms with van der Waals surface area (Å²) in [5, 5.41) is 0. The Morgan fingerprint density at radius 2 is 2.06 bits per heavy atom. The van der Waals surface area contributed by atoms with E-state index in [0.717, 1.165) is 24.1 Å². The summed E-state index contributed by atoms with van der Waals surface area (Å²) in [6, 6.07) is 9.87. The van der Waals surface area contributed by atoms with E-state index in [2.05, 4.69) is 23.1 Å². The van der Waals surface area contributed by atoms with E-state index in [1.165, 1.54) is 0 Å². The SMILES string of the molecule is CCCCOc1cn[c]c(-c2ccccc2)n1. The summed E-state index contributed by atoms with van der Waals surface area (Å²) < 4.78 is 5.51. The van der Waals surface area contributed by atoms with Gasteiger partial charge in [-0.25, -0.2) is 9.97 Å². The Balaban J connectivity index is 2.12. The molecule has 0 saturated heterocycles. The van der Waals surface area contributed by atoms with Gasteiger partial charge in [-0.1, -0.05) is 43.7 Å². The number of benzene rings is 1. The van der Waals surface area contributed by atoms with Gasteiger partial charge in [0, 0.05) is 5.56 Å². The van der Waals surface area contributed by atoms with Crippen LogP contribution in [0.4, 0.5) is 0 Å². The number of nitrogens with zero attached hydrogens (tertiary/aromatic N) is 2. The van der Waals surface area contributed by atoms with Crippen molar-refractivity contribution in [2.45, 2.75) is 19.8 Å². The number of unbranched alkanes of at least 4 members (excludes halogenated alkanes) is 1. The van der Waals surface area contributed by atoms with E-state index in [4.69, 9.17) is 4.74 Å². The Morgan fingerprint density at radius 3 is 2.82 bits per heavy atom. The summed E-state index contributed by atoms with van der Waals surface area (Å²) >= 11 is 0. The first-order valence-electron chi connectivity index (χ1n) is 5.83. The number of rotatable bonds is 5. The zero-order chi connectivity index (χ0) is 11.9. The predicted octanol–water partition coefficient (Wildman–Crippen LogP) is 3.12. The maximum Gasteiger partial charge on any atom is 0.232 e. The smallest absolute Gasteiger partial charge is 0.232 e. The summed E-state index contributed by atoms with van der Waals surface area (Å²) in [5.41, 5.74) is 1.72. The lowest BCUT2D eigenvalue weighted by molar-refractivity contribution is 0.297. The van der Waals surface area contributed by atoms with Gasteiger partial charge in [0.1, 0.15) is 11.9 Å². The fourth-order valence-corrected chi connectivity index (χ4v) is 1.43. The molecule has 0 bridgehead atoms. The normalized spacial score (nSPS) is 10.2. The molecule has 3 nitrogen and oxygen atoms in total. The first-order chi connectivity index (χ1) is 8.40. The van der Waals surface area contributed by atoms with E-state index in [9.17, 15) is 0 Å². The highest BCUT2D eigenvalue weighted by molar-refractivity contribution is 5.57. The standard InChI is InChI=1S/C14H15N2O/c1-2-3-9-17-14-11-15-10-13(16-14)12-7-5-4-6-8-12/h4-8,11H,2-3,9H2,1H3. The van der Waals surface area contributed by atoms with Gasteiger partial charge in [0.2, 0.25) is 5.88 Å².